The maximum absolute atomic E-state index is 12.2. The van der Waals surface area contributed by atoms with Gasteiger partial charge >= 0.3 is 0 Å². The Morgan fingerprint density at radius 1 is 1.21 bits per heavy atom. The van der Waals surface area contributed by atoms with Gasteiger partial charge in [0.05, 0.1) is 16.8 Å². The lowest BCUT2D eigenvalue weighted by atomic mass is 9.97. The molecule has 1 heterocycles. The van der Waals surface area contributed by atoms with Gasteiger partial charge in [0, 0.05) is 31.8 Å². The molecule has 0 bridgehead atoms. The highest BCUT2D eigenvalue weighted by Gasteiger charge is 2.43. The molecule has 9 heteroatoms. The third-order valence-electron chi connectivity index (χ3n) is 5.56. The molecular formula is C20H28N2O5S2. The van der Waals surface area contributed by atoms with Crippen molar-refractivity contribution in [1.29, 1.82) is 0 Å². The van der Waals surface area contributed by atoms with Crippen LogP contribution in [0, 0.1) is 5.41 Å². The molecular weight excluding hydrogens is 412 g/mol. The molecule has 3 rings (SSSR count). The molecule has 0 aromatic heterocycles. The Morgan fingerprint density at radius 2 is 1.86 bits per heavy atom. The van der Waals surface area contributed by atoms with E-state index in [-0.39, 0.29) is 48.4 Å². The standard InChI is InChI=1S/C20H28N2O5S2/c1-28-13-20(6-7-20)9-19(25)22-11-15(23)10-21-18(24)8-14-12-29(26,27)17-5-3-2-4-16(14)17/h2-5,14-15,23H,6-13H2,1H3,(H,21,24)(H,22,25). The molecule has 1 aliphatic carbocycles. The fraction of sp³-hybridized carbons (Fsp3) is 0.600. The van der Waals surface area contributed by atoms with Gasteiger partial charge in [-0.05, 0) is 41.9 Å². The number of benzene rings is 1. The van der Waals surface area contributed by atoms with Crippen molar-refractivity contribution in [3.8, 4) is 0 Å². The fourth-order valence-electron chi connectivity index (χ4n) is 3.80. The first kappa shape index (κ1) is 22.1. The van der Waals surface area contributed by atoms with Crippen molar-refractivity contribution in [2.24, 2.45) is 5.41 Å². The Hall–Kier alpha value is -1.58. The van der Waals surface area contributed by atoms with Gasteiger partial charge in [-0.1, -0.05) is 18.2 Å². The summed E-state index contributed by atoms with van der Waals surface area (Å²) < 4.78 is 24.4. The average Bonchev–Trinajstić information content (AvgIpc) is 3.37. The monoisotopic (exact) mass is 440 g/mol. The van der Waals surface area contributed by atoms with Crippen molar-refractivity contribution in [3.05, 3.63) is 29.8 Å². The minimum Gasteiger partial charge on any atom is -0.389 e. The van der Waals surface area contributed by atoms with Gasteiger partial charge < -0.3 is 15.7 Å². The summed E-state index contributed by atoms with van der Waals surface area (Å²) in [4.78, 5) is 24.6. The summed E-state index contributed by atoms with van der Waals surface area (Å²) in [5.41, 5.74) is 0.801. The summed E-state index contributed by atoms with van der Waals surface area (Å²) >= 11 is 1.74. The number of aliphatic hydroxyl groups excluding tert-OH is 1. The molecule has 2 amide bonds. The molecule has 0 spiro atoms. The highest BCUT2D eigenvalue weighted by molar-refractivity contribution is 7.98. The zero-order chi connectivity index (χ0) is 21.1. The Kier molecular flexibility index (Phi) is 6.90. The number of fused-ring (bicyclic) bond motifs is 1. The Bertz CT molecular complexity index is 867. The van der Waals surface area contributed by atoms with Crippen LogP contribution in [-0.2, 0) is 19.4 Å². The van der Waals surface area contributed by atoms with Gasteiger partial charge in [0.15, 0.2) is 9.84 Å². The van der Waals surface area contributed by atoms with E-state index in [1.807, 2.05) is 6.26 Å². The Balaban J connectivity index is 1.39. The van der Waals surface area contributed by atoms with Crippen LogP contribution in [0.1, 0.15) is 37.2 Å². The third kappa shape index (κ3) is 5.73. The van der Waals surface area contributed by atoms with Crippen LogP contribution in [0.2, 0.25) is 0 Å². The van der Waals surface area contributed by atoms with E-state index >= 15 is 0 Å². The minimum absolute atomic E-state index is 0.0101. The number of aliphatic hydroxyl groups is 1. The fourth-order valence-corrected chi connectivity index (χ4v) is 6.69. The number of sulfone groups is 1. The molecule has 160 valence electrons. The maximum Gasteiger partial charge on any atom is 0.220 e. The van der Waals surface area contributed by atoms with Crippen LogP contribution in [0.5, 0.6) is 0 Å². The van der Waals surface area contributed by atoms with Crippen molar-refractivity contribution >= 4 is 33.4 Å². The molecule has 0 saturated heterocycles. The van der Waals surface area contributed by atoms with E-state index in [9.17, 15) is 23.1 Å². The lowest BCUT2D eigenvalue weighted by Crippen LogP contribution is -2.40. The number of amides is 2. The predicted molar refractivity (Wildman–Crippen MR) is 113 cm³/mol. The van der Waals surface area contributed by atoms with Gasteiger partial charge in [-0.15, -0.1) is 0 Å². The van der Waals surface area contributed by atoms with Crippen molar-refractivity contribution in [1.82, 2.24) is 10.6 Å². The molecule has 0 radical (unpaired) electrons. The Labute approximate surface area is 175 Å². The predicted octanol–water partition coefficient (Wildman–Crippen LogP) is 1.07. The number of nitrogens with one attached hydrogen (secondary N) is 2. The van der Waals surface area contributed by atoms with Gasteiger partial charge in [0.25, 0.3) is 0 Å². The van der Waals surface area contributed by atoms with E-state index in [4.69, 9.17) is 0 Å². The largest absolute Gasteiger partial charge is 0.389 e. The topological polar surface area (TPSA) is 113 Å². The molecule has 1 fully saturated rings. The summed E-state index contributed by atoms with van der Waals surface area (Å²) in [6, 6.07) is 6.75. The molecule has 2 unspecified atom stereocenters. The van der Waals surface area contributed by atoms with E-state index < -0.39 is 15.9 Å². The van der Waals surface area contributed by atoms with Crippen LogP contribution >= 0.6 is 11.8 Å². The van der Waals surface area contributed by atoms with E-state index in [1.54, 1.807) is 36.0 Å². The van der Waals surface area contributed by atoms with Gasteiger partial charge in [-0.3, -0.25) is 9.59 Å². The average molecular weight is 441 g/mol. The second-order valence-electron chi connectivity index (χ2n) is 8.09. The van der Waals surface area contributed by atoms with Crippen molar-refractivity contribution < 1.29 is 23.1 Å². The van der Waals surface area contributed by atoms with Crippen LogP contribution < -0.4 is 10.6 Å². The third-order valence-corrected chi connectivity index (χ3v) is 8.34. The molecule has 3 N–H and O–H groups in total. The number of hydrogen-bond donors (Lipinski definition) is 3. The molecule has 1 aromatic rings. The van der Waals surface area contributed by atoms with Crippen molar-refractivity contribution in [2.75, 3.05) is 30.9 Å². The van der Waals surface area contributed by atoms with E-state index in [0.717, 1.165) is 18.6 Å². The van der Waals surface area contributed by atoms with Crippen LogP contribution in [0.15, 0.2) is 29.2 Å². The molecule has 1 saturated carbocycles. The summed E-state index contributed by atoms with van der Waals surface area (Å²) in [5, 5.41) is 15.4. The molecule has 1 aliphatic heterocycles. The first-order valence-corrected chi connectivity index (χ1v) is 12.8. The number of hydrogen-bond acceptors (Lipinski definition) is 6. The van der Waals surface area contributed by atoms with Crippen LogP contribution in [-0.4, -0.2) is 62.3 Å². The summed E-state index contributed by atoms with van der Waals surface area (Å²) in [5.74, 6) is 0.132. The molecule has 2 aliphatic rings. The summed E-state index contributed by atoms with van der Waals surface area (Å²) in [6.45, 7) is 0.0886. The smallest absolute Gasteiger partial charge is 0.220 e. The van der Waals surface area contributed by atoms with Gasteiger partial charge in [0.1, 0.15) is 0 Å². The van der Waals surface area contributed by atoms with Gasteiger partial charge in [-0.25, -0.2) is 8.42 Å². The maximum atomic E-state index is 12.2. The SMILES string of the molecule is CSCC1(CC(=O)NCC(O)CNC(=O)CC2CS(=O)(=O)c3ccccc32)CC1. The van der Waals surface area contributed by atoms with E-state index in [1.165, 1.54) is 0 Å². The second-order valence-corrected chi connectivity index (χ2v) is 11.0. The Morgan fingerprint density at radius 3 is 2.52 bits per heavy atom. The van der Waals surface area contributed by atoms with Gasteiger partial charge in [0.2, 0.25) is 11.8 Å². The van der Waals surface area contributed by atoms with E-state index in [2.05, 4.69) is 10.6 Å². The van der Waals surface area contributed by atoms with Crippen molar-refractivity contribution in [2.45, 2.75) is 42.6 Å². The number of thioether (sulfide) groups is 1. The quantitative estimate of drug-likeness (QED) is 0.502. The normalized spacial score (nSPS) is 21.8. The lowest BCUT2D eigenvalue weighted by molar-refractivity contribution is -0.122. The number of carbonyl (C=O) groups is 2. The highest BCUT2D eigenvalue weighted by atomic mass is 32.2. The zero-order valence-electron chi connectivity index (χ0n) is 16.5. The second kappa shape index (κ2) is 9.06. The van der Waals surface area contributed by atoms with Crippen molar-refractivity contribution in [3.63, 3.8) is 0 Å². The molecule has 29 heavy (non-hydrogen) atoms. The van der Waals surface area contributed by atoms with Crippen LogP contribution in [0.3, 0.4) is 0 Å². The number of rotatable bonds is 10. The first-order chi connectivity index (χ1) is 13.7. The number of carbonyl (C=O) groups excluding carboxylic acids is 2. The first-order valence-electron chi connectivity index (χ1n) is 9.77. The lowest BCUT2D eigenvalue weighted by Gasteiger charge is -2.16. The van der Waals surface area contributed by atoms with E-state index in [0.29, 0.717) is 16.9 Å². The zero-order valence-corrected chi connectivity index (χ0v) is 18.2. The highest BCUT2D eigenvalue weighted by Crippen LogP contribution is 2.50. The van der Waals surface area contributed by atoms with Crippen LogP contribution in [0.4, 0.5) is 0 Å². The van der Waals surface area contributed by atoms with Gasteiger partial charge in [-0.2, -0.15) is 11.8 Å². The molecule has 1 aromatic carbocycles. The molecule has 7 nitrogen and oxygen atoms in total. The summed E-state index contributed by atoms with van der Waals surface area (Å²) in [7, 11) is -3.34. The molecule has 2 atom stereocenters. The summed E-state index contributed by atoms with van der Waals surface area (Å²) in [6.07, 6.45) is 3.80. The van der Waals surface area contributed by atoms with Crippen LogP contribution in [0.25, 0.3) is 0 Å². The minimum atomic E-state index is -3.34.